The summed E-state index contributed by atoms with van der Waals surface area (Å²) >= 11 is 0. The Kier molecular flexibility index (Phi) is 4.83. The van der Waals surface area contributed by atoms with Crippen molar-refractivity contribution in [3.05, 3.63) is 0 Å². The molecule has 2 fully saturated rings. The molecule has 0 radical (unpaired) electrons. The van der Waals surface area contributed by atoms with Crippen LogP contribution in [0, 0.1) is 5.92 Å². The maximum Gasteiger partial charge on any atom is 0.394 e. The number of halogens is 3. The quantitative estimate of drug-likeness (QED) is 0.790. The van der Waals surface area contributed by atoms with E-state index in [0.717, 1.165) is 0 Å². The summed E-state index contributed by atoms with van der Waals surface area (Å²) in [5, 5.41) is 2.84. The van der Waals surface area contributed by atoms with Crippen molar-refractivity contribution in [2.45, 2.75) is 12.3 Å². The first kappa shape index (κ1) is 14.0. The zero-order valence-electron chi connectivity index (χ0n) is 10.2. The van der Waals surface area contributed by atoms with Gasteiger partial charge in [0.05, 0.1) is 31.8 Å². The monoisotopic (exact) mass is 268 g/mol. The largest absolute Gasteiger partial charge is 0.394 e. The Morgan fingerprint density at radius 1 is 1.28 bits per heavy atom. The van der Waals surface area contributed by atoms with Crippen LogP contribution in [0.25, 0.3) is 0 Å². The van der Waals surface area contributed by atoms with Gasteiger partial charge in [-0.1, -0.05) is 0 Å². The van der Waals surface area contributed by atoms with E-state index in [1.807, 2.05) is 4.90 Å². The number of rotatable bonds is 2. The van der Waals surface area contributed by atoms with Gasteiger partial charge in [-0.15, -0.1) is 0 Å². The molecule has 0 aromatic rings. The zero-order valence-corrected chi connectivity index (χ0v) is 10.2. The Morgan fingerprint density at radius 3 is 2.78 bits per heavy atom. The van der Waals surface area contributed by atoms with Gasteiger partial charge in [-0.25, -0.2) is 0 Å². The summed E-state index contributed by atoms with van der Waals surface area (Å²) in [6, 6.07) is 0. The molecule has 2 rings (SSSR count). The fraction of sp³-hybridized carbons (Fsp3) is 1.00. The highest BCUT2D eigenvalue weighted by Gasteiger charge is 2.41. The molecule has 2 atom stereocenters. The minimum Gasteiger partial charge on any atom is -0.376 e. The topological polar surface area (TPSA) is 33.7 Å². The molecule has 0 amide bonds. The molecule has 1 N–H and O–H groups in total. The number of ether oxygens (including phenoxy) is 2. The molecule has 0 aromatic heterocycles. The van der Waals surface area contributed by atoms with Gasteiger partial charge in [-0.3, -0.25) is 4.90 Å². The zero-order chi connectivity index (χ0) is 13.0. The first-order valence-electron chi connectivity index (χ1n) is 6.25. The molecular weight excluding hydrogens is 249 g/mol. The third-order valence-electron chi connectivity index (χ3n) is 3.28. The second-order valence-corrected chi connectivity index (χ2v) is 4.77. The second kappa shape index (κ2) is 6.18. The van der Waals surface area contributed by atoms with E-state index in [4.69, 9.17) is 9.47 Å². The fourth-order valence-corrected chi connectivity index (χ4v) is 2.30. The van der Waals surface area contributed by atoms with Gasteiger partial charge in [-0.2, -0.15) is 13.2 Å². The maximum atomic E-state index is 12.8. The summed E-state index contributed by atoms with van der Waals surface area (Å²) in [4.78, 5) is 1.82. The van der Waals surface area contributed by atoms with Crippen LogP contribution >= 0.6 is 0 Å². The van der Waals surface area contributed by atoms with E-state index in [2.05, 4.69) is 5.32 Å². The molecule has 106 valence electrons. The van der Waals surface area contributed by atoms with Gasteiger partial charge in [0.15, 0.2) is 0 Å². The Hall–Kier alpha value is -0.370. The molecule has 0 aromatic carbocycles. The van der Waals surface area contributed by atoms with Gasteiger partial charge in [0, 0.05) is 32.7 Å². The van der Waals surface area contributed by atoms with Gasteiger partial charge >= 0.3 is 6.18 Å². The standard InChI is InChI=1S/C11H19F3N2O2/c12-11(13,14)9-5-15-1-2-16(6-9)7-10-8-17-3-4-18-10/h9-10,15H,1-8H2. The summed E-state index contributed by atoms with van der Waals surface area (Å²) in [6.45, 7) is 3.32. The molecule has 2 saturated heterocycles. The molecule has 0 spiro atoms. The second-order valence-electron chi connectivity index (χ2n) is 4.77. The molecule has 0 aliphatic carbocycles. The highest BCUT2D eigenvalue weighted by Crippen LogP contribution is 2.27. The lowest BCUT2D eigenvalue weighted by Crippen LogP contribution is -2.44. The van der Waals surface area contributed by atoms with Gasteiger partial charge in [0.2, 0.25) is 0 Å². The smallest absolute Gasteiger partial charge is 0.376 e. The van der Waals surface area contributed by atoms with Crippen LogP contribution in [0.3, 0.4) is 0 Å². The summed E-state index contributed by atoms with van der Waals surface area (Å²) in [5.74, 6) is -1.30. The van der Waals surface area contributed by atoms with Crippen molar-refractivity contribution in [1.82, 2.24) is 10.2 Å². The minimum absolute atomic E-state index is 0.00201. The lowest BCUT2D eigenvalue weighted by Gasteiger charge is -2.30. The molecule has 2 aliphatic heterocycles. The molecule has 2 unspecified atom stereocenters. The summed E-state index contributed by atoms with van der Waals surface area (Å²) in [5.41, 5.74) is 0. The maximum absolute atomic E-state index is 12.8. The molecule has 18 heavy (non-hydrogen) atoms. The molecule has 2 aliphatic rings. The van der Waals surface area contributed by atoms with E-state index in [-0.39, 0.29) is 19.2 Å². The van der Waals surface area contributed by atoms with Crippen LogP contribution in [-0.4, -0.2) is 69.7 Å². The van der Waals surface area contributed by atoms with Crippen LogP contribution in [0.2, 0.25) is 0 Å². The van der Waals surface area contributed by atoms with Crippen LogP contribution in [0.4, 0.5) is 13.2 Å². The summed E-state index contributed by atoms with van der Waals surface area (Å²) in [6.07, 6.45) is -4.25. The van der Waals surface area contributed by atoms with Gasteiger partial charge in [0.1, 0.15) is 0 Å². The molecule has 4 nitrogen and oxygen atoms in total. The van der Waals surface area contributed by atoms with Crippen molar-refractivity contribution in [3.8, 4) is 0 Å². The van der Waals surface area contributed by atoms with Crippen LogP contribution < -0.4 is 5.32 Å². The third kappa shape index (κ3) is 4.08. The average Bonchev–Trinajstić information content (AvgIpc) is 2.55. The number of hydrogen-bond acceptors (Lipinski definition) is 4. The van der Waals surface area contributed by atoms with Crippen molar-refractivity contribution in [2.24, 2.45) is 5.92 Å². The van der Waals surface area contributed by atoms with Crippen molar-refractivity contribution >= 4 is 0 Å². The Labute approximate surface area is 104 Å². The van der Waals surface area contributed by atoms with Crippen LogP contribution in [0.1, 0.15) is 0 Å². The predicted molar refractivity (Wildman–Crippen MR) is 59.4 cm³/mol. The normalized spacial score (nSPS) is 32.2. The third-order valence-corrected chi connectivity index (χ3v) is 3.28. The van der Waals surface area contributed by atoms with E-state index >= 15 is 0 Å². The van der Waals surface area contributed by atoms with Crippen molar-refractivity contribution < 1.29 is 22.6 Å². The van der Waals surface area contributed by atoms with Gasteiger partial charge in [0.25, 0.3) is 0 Å². The number of hydrogen-bond donors (Lipinski definition) is 1. The molecule has 2 heterocycles. The van der Waals surface area contributed by atoms with Gasteiger partial charge in [-0.05, 0) is 0 Å². The van der Waals surface area contributed by atoms with E-state index in [1.165, 1.54) is 0 Å². The van der Waals surface area contributed by atoms with Crippen LogP contribution in [0.5, 0.6) is 0 Å². The lowest BCUT2D eigenvalue weighted by molar-refractivity contribution is -0.177. The molecule has 0 bridgehead atoms. The van der Waals surface area contributed by atoms with E-state index < -0.39 is 12.1 Å². The Bertz CT molecular complexity index is 257. The van der Waals surface area contributed by atoms with Crippen molar-refractivity contribution in [2.75, 3.05) is 52.5 Å². The highest BCUT2D eigenvalue weighted by atomic mass is 19.4. The lowest BCUT2D eigenvalue weighted by atomic mass is 10.1. The SMILES string of the molecule is FC(F)(F)C1CNCCN(CC2COCCO2)C1. The van der Waals surface area contributed by atoms with Crippen LogP contribution in [-0.2, 0) is 9.47 Å². The fourth-order valence-electron chi connectivity index (χ4n) is 2.30. The molecule has 0 saturated carbocycles. The Balaban J connectivity index is 1.86. The van der Waals surface area contributed by atoms with E-state index in [0.29, 0.717) is 39.5 Å². The van der Waals surface area contributed by atoms with Crippen LogP contribution in [0.15, 0.2) is 0 Å². The average molecular weight is 268 g/mol. The van der Waals surface area contributed by atoms with Crippen molar-refractivity contribution in [1.29, 1.82) is 0 Å². The number of alkyl halides is 3. The molecular formula is C11H19F3N2O2. The predicted octanol–water partition coefficient (Wildman–Crippen LogP) is 0.485. The summed E-state index contributed by atoms with van der Waals surface area (Å²) in [7, 11) is 0. The number of nitrogens with one attached hydrogen (secondary N) is 1. The van der Waals surface area contributed by atoms with E-state index in [9.17, 15) is 13.2 Å². The van der Waals surface area contributed by atoms with E-state index in [1.54, 1.807) is 0 Å². The molecule has 7 heteroatoms. The number of nitrogens with zero attached hydrogens (tertiary/aromatic N) is 1. The first-order valence-corrected chi connectivity index (χ1v) is 6.25. The summed E-state index contributed by atoms with van der Waals surface area (Å²) < 4.78 is 49.0. The first-order chi connectivity index (χ1) is 8.55. The highest BCUT2D eigenvalue weighted by molar-refractivity contribution is 4.80. The Morgan fingerprint density at radius 2 is 2.11 bits per heavy atom. The minimum atomic E-state index is -4.14. The van der Waals surface area contributed by atoms with Gasteiger partial charge < -0.3 is 14.8 Å². The van der Waals surface area contributed by atoms with Crippen molar-refractivity contribution in [3.63, 3.8) is 0 Å².